The van der Waals surface area contributed by atoms with Crippen LogP contribution >= 0.6 is 0 Å². The fraction of sp³-hybridized carbons (Fsp3) is 0.786. The molecule has 3 N–H and O–H groups in total. The average Bonchev–Trinajstić information content (AvgIpc) is 2.53. The van der Waals surface area contributed by atoms with Gasteiger partial charge in [0.2, 0.25) is 11.9 Å². The number of nitrogens with two attached hydrogens (primary N) is 1. The summed E-state index contributed by atoms with van der Waals surface area (Å²) in [6.07, 6.45) is 3.18. The van der Waals surface area contributed by atoms with Crippen molar-refractivity contribution in [3.63, 3.8) is 0 Å². The van der Waals surface area contributed by atoms with Crippen molar-refractivity contribution in [2.24, 2.45) is 11.8 Å². The predicted molar refractivity (Wildman–Crippen MR) is 85.4 cm³/mol. The highest BCUT2D eigenvalue weighted by molar-refractivity contribution is 5.37. The van der Waals surface area contributed by atoms with E-state index < -0.39 is 0 Å². The van der Waals surface area contributed by atoms with Crippen LogP contribution in [0.3, 0.4) is 0 Å². The maximum absolute atomic E-state index is 5.51. The normalized spacial score (nSPS) is 10.8. The van der Waals surface area contributed by atoms with E-state index in [1.807, 2.05) is 6.92 Å². The van der Waals surface area contributed by atoms with Crippen LogP contribution < -0.4 is 20.9 Å². The summed E-state index contributed by atoms with van der Waals surface area (Å²) in [5.41, 5.74) is 2.48. The van der Waals surface area contributed by atoms with E-state index in [9.17, 15) is 0 Å². The molecule has 0 aliphatic rings. The van der Waals surface area contributed by atoms with Crippen molar-refractivity contribution in [1.82, 2.24) is 15.0 Å². The lowest BCUT2D eigenvalue weighted by molar-refractivity contribution is 0.291. The highest BCUT2D eigenvalue weighted by Gasteiger charge is 2.16. The molecule has 0 saturated heterocycles. The molecule has 1 rings (SSSR count). The number of nitrogens with zero attached hydrogens (tertiary/aromatic N) is 4. The third-order valence-corrected chi connectivity index (χ3v) is 3.47. The molecule has 0 aromatic carbocycles. The molecule has 1 aromatic heterocycles. The third-order valence-electron chi connectivity index (χ3n) is 3.47. The van der Waals surface area contributed by atoms with Gasteiger partial charge < -0.3 is 9.64 Å². The lowest BCUT2D eigenvalue weighted by atomic mass is 10.0. The Hall–Kier alpha value is -1.63. The maximum Gasteiger partial charge on any atom is 0.323 e. The molecule has 7 heteroatoms. The summed E-state index contributed by atoms with van der Waals surface area (Å²) < 4.78 is 5.51. The number of hydrogen-bond donors (Lipinski definition) is 2. The smallest absolute Gasteiger partial charge is 0.323 e. The van der Waals surface area contributed by atoms with E-state index >= 15 is 0 Å². The summed E-state index contributed by atoms with van der Waals surface area (Å²) in [5.74, 6) is 6.99. The van der Waals surface area contributed by atoms with E-state index in [0.717, 1.165) is 32.4 Å². The number of nitrogen functional groups attached to an aromatic ring is 1. The summed E-state index contributed by atoms with van der Waals surface area (Å²) in [5, 5.41) is 0. The van der Waals surface area contributed by atoms with E-state index in [1.54, 1.807) is 0 Å². The second-order valence-electron chi connectivity index (χ2n) is 4.96. The monoisotopic (exact) mass is 296 g/mol. The third kappa shape index (κ3) is 5.34. The van der Waals surface area contributed by atoms with E-state index in [1.165, 1.54) is 0 Å². The van der Waals surface area contributed by atoms with Crippen LogP contribution in [0, 0.1) is 5.92 Å². The van der Waals surface area contributed by atoms with E-state index in [0.29, 0.717) is 30.4 Å². The summed E-state index contributed by atoms with van der Waals surface area (Å²) >= 11 is 0. The molecule has 0 amide bonds. The zero-order valence-corrected chi connectivity index (χ0v) is 13.6. The quantitative estimate of drug-likeness (QED) is 0.505. The number of hydrazine groups is 1. The zero-order chi connectivity index (χ0) is 15.7. The zero-order valence-electron chi connectivity index (χ0n) is 13.6. The number of rotatable bonds is 10. The van der Waals surface area contributed by atoms with E-state index in [4.69, 9.17) is 10.6 Å². The molecular formula is C14H28N6O. The molecule has 120 valence electrons. The summed E-state index contributed by atoms with van der Waals surface area (Å²) in [7, 11) is 0. The molecule has 0 unspecified atom stereocenters. The molecule has 21 heavy (non-hydrogen) atoms. The van der Waals surface area contributed by atoms with Crippen LogP contribution in [0.15, 0.2) is 0 Å². The highest BCUT2D eigenvalue weighted by atomic mass is 16.5. The van der Waals surface area contributed by atoms with E-state index in [-0.39, 0.29) is 0 Å². The molecule has 7 nitrogen and oxygen atoms in total. The van der Waals surface area contributed by atoms with Crippen LogP contribution in [-0.4, -0.2) is 34.6 Å². The van der Waals surface area contributed by atoms with Crippen LogP contribution in [-0.2, 0) is 0 Å². The van der Waals surface area contributed by atoms with Crippen molar-refractivity contribution in [2.45, 2.75) is 47.0 Å². The van der Waals surface area contributed by atoms with Gasteiger partial charge in [-0.3, -0.25) is 5.43 Å². The second kappa shape index (κ2) is 9.33. The van der Waals surface area contributed by atoms with Gasteiger partial charge in [0.25, 0.3) is 0 Å². The van der Waals surface area contributed by atoms with Gasteiger partial charge in [0.15, 0.2) is 0 Å². The van der Waals surface area contributed by atoms with Gasteiger partial charge >= 0.3 is 6.01 Å². The van der Waals surface area contributed by atoms with Gasteiger partial charge in [-0.05, 0) is 19.3 Å². The molecule has 0 atom stereocenters. The Morgan fingerprint density at radius 3 is 2.38 bits per heavy atom. The first kappa shape index (κ1) is 17.4. The number of aromatic nitrogens is 3. The van der Waals surface area contributed by atoms with Crippen LogP contribution in [0.4, 0.5) is 11.9 Å². The second-order valence-corrected chi connectivity index (χ2v) is 4.96. The molecular weight excluding hydrogens is 268 g/mol. The summed E-state index contributed by atoms with van der Waals surface area (Å²) in [4.78, 5) is 15.0. The van der Waals surface area contributed by atoms with Crippen LogP contribution in [0.5, 0.6) is 6.01 Å². The fourth-order valence-electron chi connectivity index (χ4n) is 2.02. The first-order valence-corrected chi connectivity index (χ1v) is 7.78. The molecule has 0 radical (unpaired) electrons. The number of ether oxygens (including phenoxy) is 1. The van der Waals surface area contributed by atoms with Gasteiger partial charge in [0, 0.05) is 13.1 Å². The lowest BCUT2D eigenvalue weighted by Gasteiger charge is -2.25. The topological polar surface area (TPSA) is 89.2 Å². The molecule has 0 aliphatic heterocycles. The van der Waals surface area contributed by atoms with Gasteiger partial charge in [0.1, 0.15) is 0 Å². The molecule has 0 aliphatic carbocycles. The highest BCUT2D eigenvalue weighted by Crippen LogP contribution is 2.18. The maximum atomic E-state index is 5.51. The fourth-order valence-corrected chi connectivity index (χ4v) is 2.02. The van der Waals surface area contributed by atoms with Gasteiger partial charge in [-0.15, -0.1) is 0 Å². The van der Waals surface area contributed by atoms with Gasteiger partial charge in [0.05, 0.1) is 6.61 Å². The first-order chi connectivity index (χ1) is 10.2. The van der Waals surface area contributed by atoms with Crippen molar-refractivity contribution in [1.29, 1.82) is 0 Å². The molecule has 0 saturated carbocycles. The summed E-state index contributed by atoms with van der Waals surface area (Å²) in [6, 6.07) is 0.317. The molecule has 0 fully saturated rings. The lowest BCUT2D eigenvalue weighted by Crippen LogP contribution is -2.31. The minimum absolute atomic E-state index is 0.317. The van der Waals surface area contributed by atoms with Crippen molar-refractivity contribution < 1.29 is 4.74 Å². The van der Waals surface area contributed by atoms with Gasteiger partial charge in [-0.1, -0.05) is 33.6 Å². The standard InChI is InChI=1S/C14H28N6O/c1-5-9-21-14-17-12(19-15)16-13(18-14)20(8-4)10-11(6-2)7-3/h11H,5-10,15H2,1-4H3,(H,16,17,18,19). The Labute approximate surface area is 127 Å². The molecule has 0 bridgehead atoms. The number of nitrogens with one attached hydrogen (secondary N) is 1. The summed E-state index contributed by atoms with van der Waals surface area (Å²) in [6.45, 7) is 10.9. The van der Waals surface area contributed by atoms with E-state index in [2.05, 4.69) is 46.0 Å². The minimum Gasteiger partial charge on any atom is -0.463 e. The largest absolute Gasteiger partial charge is 0.463 e. The minimum atomic E-state index is 0.317. The van der Waals surface area contributed by atoms with Crippen molar-refractivity contribution in [3.8, 4) is 6.01 Å². The van der Waals surface area contributed by atoms with Crippen molar-refractivity contribution >= 4 is 11.9 Å². The van der Waals surface area contributed by atoms with Crippen LogP contribution in [0.25, 0.3) is 0 Å². The predicted octanol–water partition coefficient (Wildman–Crippen LogP) is 2.21. The Bertz CT molecular complexity index is 410. The Balaban J connectivity index is 2.95. The SMILES string of the molecule is CCCOc1nc(NN)nc(N(CC)CC(CC)CC)n1. The van der Waals surface area contributed by atoms with Gasteiger partial charge in [-0.25, -0.2) is 5.84 Å². The molecule has 0 spiro atoms. The van der Waals surface area contributed by atoms with Crippen LogP contribution in [0.1, 0.15) is 47.0 Å². The first-order valence-electron chi connectivity index (χ1n) is 7.78. The Morgan fingerprint density at radius 1 is 1.14 bits per heavy atom. The number of hydrogen-bond acceptors (Lipinski definition) is 7. The number of anilines is 2. The average molecular weight is 296 g/mol. The molecule has 1 heterocycles. The van der Waals surface area contributed by atoms with Gasteiger partial charge in [-0.2, -0.15) is 15.0 Å². The van der Waals surface area contributed by atoms with Crippen LogP contribution in [0.2, 0.25) is 0 Å². The Morgan fingerprint density at radius 2 is 1.86 bits per heavy atom. The Kier molecular flexibility index (Phi) is 7.74. The molecule has 1 aromatic rings. The van der Waals surface area contributed by atoms with Crippen molar-refractivity contribution in [2.75, 3.05) is 30.0 Å². The van der Waals surface area contributed by atoms with Crippen molar-refractivity contribution in [3.05, 3.63) is 0 Å².